The van der Waals surface area contributed by atoms with Gasteiger partial charge in [0.15, 0.2) is 11.5 Å². The Morgan fingerprint density at radius 1 is 1.18 bits per heavy atom. The minimum atomic E-state index is -5.08. The molecule has 0 saturated carbocycles. The zero-order chi connectivity index (χ0) is 16.7. The highest BCUT2D eigenvalue weighted by Crippen LogP contribution is 2.30. The Morgan fingerprint density at radius 3 is 2.23 bits per heavy atom. The summed E-state index contributed by atoms with van der Waals surface area (Å²) in [4.78, 5) is 14.2. The number of halogens is 3. The Balaban J connectivity index is 2.66. The number of alkyl halides is 3. The molecule has 0 spiro atoms. The molecule has 0 aliphatic heterocycles. The van der Waals surface area contributed by atoms with Gasteiger partial charge in [0.05, 0.1) is 11.3 Å². The van der Waals surface area contributed by atoms with Crippen LogP contribution in [0.3, 0.4) is 0 Å². The monoisotopic (exact) mass is 313 g/mol. The number of hydrogen-bond donors (Lipinski definition) is 5. The average molecular weight is 313 g/mol. The summed E-state index contributed by atoms with van der Waals surface area (Å²) in [5.74, 6) is -1.76. The molecular formula is C13H10F3N3O3. The van der Waals surface area contributed by atoms with Crippen LogP contribution in [-0.4, -0.2) is 27.1 Å². The molecule has 2 aromatic rings. The van der Waals surface area contributed by atoms with E-state index in [2.05, 4.69) is 4.98 Å². The van der Waals surface area contributed by atoms with Crippen LogP contribution in [0.1, 0.15) is 5.56 Å². The summed E-state index contributed by atoms with van der Waals surface area (Å²) >= 11 is 0. The Kier molecular flexibility index (Phi) is 3.57. The molecule has 1 heterocycles. The topological polar surface area (TPSA) is 123 Å². The maximum absolute atomic E-state index is 12.6. The quantitative estimate of drug-likeness (QED) is 0.544. The second kappa shape index (κ2) is 5.10. The van der Waals surface area contributed by atoms with Gasteiger partial charge in [0.1, 0.15) is 11.6 Å². The molecule has 0 unspecified atom stereocenters. The van der Waals surface area contributed by atoms with E-state index < -0.39 is 34.4 Å². The molecule has 6 nitrogen and oxygen atoms in total. The van der Waals surface area contributed by atoms with Crippen molar-refractivity contribution in [1.82, 2.24) is 4.98 Å². The van der Waals surface area contributed by atoms with Crippen molar-refractivity contribution in [3.8, 4) is 22.8 Å². The number of nitrogens with two attached hydrogens (primary N) is 1. The fourth-order valence-electron chi connectivity index (χ4n) is 1.84. The molecule has 6 N–H and O–H groups in total. The average Bonchev–Trinajstić information content (AvgIpc) is 2.43. The Hall–Kier alpha value is -2.97. The molecule has 0 amide bonds. The smallest absolute Gasteiger partial charge is 0.433 e. The molecule has 9 heteroatoms. The first-order chi connectivity index (χ1) is 10.1. The van der Waals surface area contributed by atoms with Gasteiger partial charge in [-0.1, -0.05) is 0 Å². The molecule has 116 valence electrons. The number of nitrogen functional groups attached to an aromatic ring is 1. The van der Waals surface area contributed by atoms with Crippen molar-refractivity contribution in [3.05, 3.63) is 40.1 Å². The van der Waals surface area contributed by atoms with Crippen LogP contribution >= 0.6 is 0 Å². The third-order valence-electron chi connectivity index (χ3n) is 2.90. The number of rotatable bonds is 2. The minimum Gasteiger partial charge on any atom is -0.508 e. The lowest BCUT2D eigenvalue weighted by molar-refractivity contribution is -0.0588. The van der Waals surface area contributed by atoms with E-state index in [1.165, 1.54) is 24.3 Å². The fourth-order valence-corrected chi connectivity index (χ4v) is 1.84. The zero-order valence-corrected chi connectivity index (χ0v) is 10.8. The number of aromatic nitrogens is 1. The number of aromatic hydroxyl groups is 2. The second-order valence-electron chi connectivity index (χ2n) is 4.39. The van der Waals surface area contributed by atoms with Crippen molar-refractivity contribution < 1.29 is 23.4 Å². The van der Waals surface area contributed by atoms with Crippen LogP contribution in [0.25, 0.3) is 11.3 Å². The maximum atomic E-state index is 12.6. The molecule has 0 aliphatic rings. The summed E-state index contributed by atoms with van der Waals surface area (Å²) in [5.41, 5.74) is 0.925. The highest BCUT2D eigenvalue weighted by Gasteiger charge is 2.39. The summed E-state index contributed by atoms with van der Waals surface area (Å²) in [6, 6.07) is 5.17. The van der Waals surface area contributed by atoms with Crippen molar-refractivity contribution in [2.24, 2.45) is 0 Å². The van der Waals surface area contributed by atoms with Gasteiger partial charge in [-0.2, -0.15) is 13.2 Å². The SMILES string of the molecule is N=C(c1c(N)[nH]c(-c2ccc(O)cc2)c(O)c1=O)C(F)(F)F. The molecule has 1 aromatic carbocycles. The number of nitrogens with one attached hydrogen (secondary N) is 2. The first-order valence-corrected chi connectivity index (χ1v) is 5.83. The number of anilines is 1. The van der Waals surface area contributed by atoms with E-state index in [4.69, 9.17) is 11.1 Å². The first kappa shape index (κ1) is 15.4. The lowest BCUT2D eigenvalue weighted by Crippen LogP contribution is -2.30. The number of hydrogen-bond acceptors (Lipinski definition) is 5. The summed E-state index contributed by atoms with van der Waals surface area (Å²) in [6.45, 7) is 0. The molecule has 0 saturated heterocycles. The standard InChI is InChI=1S/C13H10F3N3O3/c14-13(15,16)11(17)7-9(21)10(22)8(19-12(7)18)5-1-3-6(20)4-2-5/h1-4,17,20,22H,(H3,18,19,21). The molecule has 0 atom stereocenters. The van der Waals surface area contributed by atoms with Gasteiger partial charge in [0.2, 0.25) is 5.43 Å². The van der Waals surface area contributed by atoms with E-state index in [0.29, 0.717) is 0 Å². The lowest BCUT2D eigenvalue weighted by Gasteiger charge is -2.13. The summed E-state index contributed by atoms with van der Waals surface area (Å²) in [7, 11) is 0. The Morgan fingerprint density at radius 2 is 1.73 bits per heavy atom. The van der Waals surface area contributed by atoms with Crippen LogP contribution in [0.5, 0.6) is 11.5 Å². The summed E-state index contributed by atoms with van der Waals surface area (Å²) < 4.78 is 37.7. The maximum Gasteiger partial charge on any atom is 0.433 e. The molecule has 0 aliphatic carbocycles. The van der Waals surface area contributed by atoms with E-state index in [9.17, 15) is 28.2 Å². The van der Waals surface area contributed by atoms with Gasteiger partial charge in [0.25, 0.3) is 0 Å². The highest BCUT2D eigenvalue weighted by atomic mass is 19.4. The number of benzene rings is 1. The van der Waals surface area contributed by atoms with Crippen molar-refractivity contribution in [1.29, 1.82) is 5.41 Å². The third-order valence-corrected chi connectivity index (χ3v) is 2.90. The molecule has 1 aromatic heterocycles. The number of H-pyrrole nitrogens is 1. The Bertz CT molecular complexity index is 795. The molecule has 2 rings (SSSR count). The van der Waals surface area contributed by atoms with Crippen LogP contribution in [0.2, 0.25) is 0 Å². The van der Waals surface area contributed by atoms with Crippen LogP contribution in [0, 0.1) is 5.41 Å². The van der Waals surface area contributed by atoms with Gasteiger partial charge in [-0.25, -0.2) is 0 Å². The van der Waals surface area contributed by atoms with Crippen LogP contribution in [0.15, 0.2) is 29.1 Å². The molecular weight excluding hydrogens is 303 g/mol. The van der Waals surface area contributed by atoms with Crippen molar-refractivity contribution >= 4 is 11.5 Å². The third kappa shape index (κ3) is 2.60. The van der Waals surface area contributed by atoms with E-state index >= 15 is 0 Å². The predicted molar refractivity (Wildman–Crippen MR) is 73.1 cm³/mol. The molecule has 0 fully saturated rings. The van der Waals surface area contributed by atoms with Crippen molar-refractivity contribution in [2.75, 3.05) is 5.73 Å². The van der Waals surface area contributed by atoms with E-state index in [0.717, 1.165) is 0 Å². The molecule has 22 heavy (non-hydrogen) atoms. The fraction of sp³-hybridized carbons (Fsp3) is 0.0769. The van der Waals surface area contributed by atoms with Crippen LogP contribution in [0.4, 0.5) is 19.0 Å². The lowest BCUT2D eigenvalue weighted by atomic mass is 10.1. The minimum absolute atomic E-state index is 0.0750. The van der Waals surface area contributed by atoms with Gasteiger partial charge < -0.3 is 20.9 Å². The molecule has 0 radical (unpaired) electrons. The predicted octanol–water partition coefficient (Wildman–Crippen LogP) is 1.97. The van der Waals surface area contributed by atoms with Crippen molar-refractivity contribution in [3.63, 3.8) is 0 Å². The summed E-state index contributed by atoms with van der Waals surface area (Å²) in [6.07, 6.45) is -5.08. The normalized spacial score (nSPS) is 11.4. The van der Waals surface area contributed by atoms with Gasteiger partial charge >= 0.3 is 6.18 Å². The second-order valence-corrected chi connectivity index (χ2v) is 4.39. The largest absolute Gasteiger partial charge is 0.508 e. The van der Waals surface area contributed by atoms with Crippen molar-refractivity contribution in [2.45, 2.75) is 6.18 Å². The van der Waals surface area contributed by atoms with Gasteiger partial charge in [-0.3, -0.25) is 10.2 Å². The zero-order valence-electron chi connectivity index (χ0n) is 10.8. The van der Waals surface area contributed by atoms with Gasteiger partial charge in [-0.05, 0) is 24.3 Å². The summed E-state index contributed by atoms with van der Waals surface area (Å²) in [5, 5.41) is 26.0. The number of phenolic OH excluding ortho intramolecular Hbond substituents is 1. The number of phenols is 1. The van der Waals surface area contributed by atoms with E-state index in [1.54, 1.807) is 0 Å². The van der Waals surface area contributed by atoms with E-state index in [-0.39, 0.29) is 17.0 Å². The van der Waals surface area contributed by atoms with Gasteiger partial charge in [0, 0.05) is 5.56 Å². The van der Waals surface area contributed by atoms with E-state index in [1.807, 2.05) is 0 Å². The molecule has 0 bridgehead atoms. The number of aromatic amines is 1. The first-order valence-electron chi connectivity index (χ1n) is 5.83. The van der Waals surface area contributed by atoms with Gasteiger partial charge in [-0.15, -0.1) is 0 Å². The highest BCUT2D eigenvalue weighted by molar-refractivity contribution is 6.06. The Labute approximate surface area is 121 Å². The number of pyridine rings is 1. The van der Waals surface area contributed by atoms with Crippen LogP contribution < -0.4 is 11.2 Å². The van der Waals surface area contributed by atoms with Crippen LogP contribution in [-0.2, 0) is 0 Å².